The van der Waals surface area contributed by atoms with Crippen molar-refractivity contribution in [1.29, 1.82) is 0 Å². The summed E-state index contributed by atoms with van der Waals surface area (Å²) in [5, 5.41) is 5.75. The van der Waals surface area contributed by atoms with E-state index in [4.69, 9.17) is 39.4 Å². The van der Waals surface area contributed by atoms with Gasteiger partial charge in [-0.05, 0) is 49.4 Å². The van der Waals surface area contributed by atoms with E-state index in [1.165, 1.54) is 29.8 Å². The molecule has 1 aliphatic heterocycles. The maximum absolute atomic E-state index is 5.70. The molecule has 0 atom stereocenters. The van der Waals surface area contributed by atoms with E-state index < -0.39 is 0 Å². The van der Waals surface area contributed by atoms with Gasteiger partial charge in [0.05, 0.1) is 33.8 Å². The Bertz CT molecular complexity index is 2700. The Hall–Kier alpha value is -5.06. The second-order valence-electron chi connectivity index (χ2n) is 27.8. The van der Waals surface area contributed by atoms with Crippen molar-refractivity contribution < 1.29 is 9.47 Å². The highest BCUT2D eigenvalue weighted by molar-refractivity contribution is 5.81. The van der Waals surface area contributed by atoms with Gasteiger partial charge in [-0.3, -0.25) is 0 Å². The van der Waals surface area contributed by atoms with E-state index in [0.29, 0.717) is 24.8 Å². The van der Waals surface area contributed by atoms with E-state index in [1.807, 2.05) is 22.8 Å². The van der Waals surface area contributed by atoms with E-state index in [1.54, 1.807) is 0 Å². The Kier molecular flexibility index (Phi) is 16.4. The Labute approximate surface area is 428 Å². The van der Waals surface area contributed by atoms with Crippen LogP contribution < -0.4 is 9.47 Å². The van der Waals surface area contributed by atoms with Crippen LogP contribution in [0.25, 0.3) is 16.4 Å². The SMILES string of the molecule is CC(C)(C)c1nc(C(C)(C)C)c2ccccc2n1.CC(C)(C)c1nc(C(C)(C)C)c2cccn2n1.CC(C)(C)c1nc2c(c(C(C)(C)C)n1)CCCC2.CC(C)(C)c1nc2c(c(C(C)(C)C)n1)OCCO2. The van der Waals surface area contributed by atoms with Gasteiger partial charge >= 0.3 is 0 Å². The molecule has 71 heavy (non-hydrogen) atoms. The van der Waals surface area contributed by atoms with Gasteiger partial charge in [-0.2, -0.15) is 10.1 Å². The quantitative estimate of drug-likeness (QED) is 0.145. The van der Waals surface area contributed by atoms with Crippen molar-refractivity contribution in [1.82, 2.24) is 44.5 Å². The van der Waals surface area contributed by atoms with Gasteiger partial charge in [0, 0.05) is 60.6 Å². The van der Waals surface area contributed by atoms with Gasteiger partial charge in [0.15, 0.2) is 5.82 Å². The molecule has 8 rings (SSSR count). The molecule has 11 heteroatoms. The minimum absolute atomic E-state index is 0.0238. The predicted molar refractivity (Wildman–Crippen MR) is 294 cm³/mol. The van der Waals surface area contributed by atoms with Crippen LogP contribution >= 0.6 is 0 Å². The van der Waals surface area contributed by atoms with Crippen molar-refractivity contribution in [3.8, 4) is 11.6 Å². The highest BCUT2D eigenvalue weighted by Gasteiger charge is 2.33. The molecule has 6 heterocycles. The molecular weight excluding hydrogens is 879 g/mol. The van der Waals surface area contributed by atoms with E-state index in [-0.39, 0.29) is 43.3 Å². The van der Waals surface area contributed by atoms with Crippen LogP contribution in [0.4, 0.5) is 0 Å². The van der Waals surface area contributed by atoms with Crippen LogP contribution in [-0.4, -0.2) is 57.7 Å². The van der Waals surface area contributed by atoms with Gasteiger partial charge in [-0.25, -0.2) is 34.4 Å². The van der Waals surface area contributed by atoms with Gasteiger partial charge in [0.25, 0.3) is 5.88 Å². The fourth-order valence-corrected chi connectivity index (χ4v) is 8.12. The van der Waals surface area contributed by atoms with Crippen LogP contribution in [0.3, 0.4) is 0 Å². The van der Waals surface area contributed by atoms with Crippen LogP contribution in [0.15, 0.2) is 42.6 Å². The number of rotatable bonds is 0. The van der Waals surface area contributed by atoms with Crippen LogP contribution in [0.1, 0.15) is 236 Å². The Morgan fingerprint density at radius 3 is 1.42 bits per heavy atom. The van der Waals surface area contributed by atoms with E-state index >= 15 is 0 Å². The van der Waals surface area contributed by atoms with E-state index in [9.17, 15) is 0 Å². The third kappa shape index (κ3) is 14.3. The molecule has 5 aromatic heterocycles. The molecule has 11 nitrogen and oxygen atoms in total. The summed E-state index contributed by atoms with van der Waals surface area (Å²) in [6.45, 7) is 53.2. The first-order valence-electron chi connectivity index (χ1n) is 26.0. The standard InChI is InChI=1S/C16H26N2.C16H22N2.C14H21N3.C14H22N2O2/c2*1-15(2,3)13-11-9-7-8-10-12(11)17-14(18-13)16(4,5)6;1-13(2,3)11-10-8-7-9-17(10)16-12(15-11)14(4,5)6;1-13(2,3)10-9-11(18-8-7-17-9)16-12(15-10)14(4,5)6/h7-10H2,1-6H3;7-10H,1-6H3;7-9H,1-6H3;7-8H2,1-6H3. The van der Waals surface area contributed by atoms with Crippen molar-refractivity contribution in [2.75, 3.05) is 13.2 Å². The van der Waals surface area contributed by atoms with Crippen molar-refractivity contribution in [3.63, 3.8) is 0 Å². The van der Waals surface area contributed by atoms with Crippen molar-refractivity contribution in [3.05, 3.63) is 99.9 Å². The lowest BCUT2D eigenvalue weighted by Crippen LogP contribution is -2.27. The average molecular weight is 970 g/mol. The van der Waals surface area contributed by atoms with Gasteiger partial charge in [-0.15, -0.1) is 0 Å². The molecule has 0 radical (unpaired) electrons. The van der Waals surface area contributed by atoms with Crippen LogP contribution in [0, 0.1) is 0 Å². The number of hydrogen-bond acceptors (Lipinski definition) is 10. The number of hydrogen-bond donors (Lipinski definition) is 0. The van der Waals surface area contributed by atoms with Gasteiger partial charge in [-0.1, -0.05) is 184 Å². The van der Waals surface area contributed by atoms with E-state index in [0.717, 1.165) is 69.6 Å². The number of ether oxygens (including phenoxy) is 2. The lowest BCUT2D eigenvalue weighted by atomic mass is 9.82. The number of nitrogens with zero attached hydrogens (tertiary/aromatic N) is 9. The molecule has 0 amide bonds. The summed E-state index contributed by atoms with van der Waals surface area (Å²) in [4.78, 5) is 33.3. The minimum Gasteiger partial charge on any atom is -0.483 e. The molecule has 1 aromatic carbocycles. The summed E-state index contributed by atoms with van der Waals surface area (Å²) in [5.41, 5.74) is 9.31. The first kappa shape index (κ1) is 56.8. The molecule has 0 spiro atoms. The molecule has 0 saturated heterocycles. The predicted octanol–water partition coefficient (Wildman–Crippen LogP) is 14.3. The van der Waals surface area contributed by atoms with Crippen molar-refractivity contribution in [2.24, 2.45) is 0 Å². The zero-order chi connectivity index (χ0) is 53.5. The Balaban J connectivity index is 0.000000176. The summed E-state index contributed by atoms with van der Waals surface area (Å²) in [6.07, 6.45) is 6.84. The van der Waals surface area contributed by atoms with Gasteiger partial charge in [0.2, 0.25) is 5.75 Å². The number of benzene rings is 1. The molecule has 6 aromatic rings. The molecule has 0 bridgehead atoms. The topological polar surface area (TPSA) is 126 Å². The summed E-state index contributed by atoms with van der Waals surface area (Å²) < 4.78 is 13.3. The fraction of sp³-hybridized carbons (Fsp3) is 0.633. The largest absolute Gasteiger partial charge is 0.483 e. The minimum atomic E-state index is -0.101. The Morgan fingerprint density at radius 2 is 0.873 bits per heavy atom. The maximum atomic E-state index is 5.70. The second-order valence-corrected chi connectivity index (χ2v) is 27.8. The first-order chi connectivity index (χ1) is 32.3. The normalized spacial score (nSPS) is 14.6. The Morgan fingerprint density at radius 1 is 0.408 bits per heavy atom. The van der Waals surface area contributed by atoms with Crippen molar-refractivity contribution >= 4 is 16.4 Å². The summed E-state index contributed by atoms with van der Waals surface area (Å²) in [6, 6.07) is 12.4. The summed E-state index contributed by atoms with van der Waals surface area (Å²) in [5.74, 6) is 4.93. The molecule has 2 aliphatic rings. The summed E-state index contributed by atoms with van der Waals surface area (Å²) in [7, 11) is 0. The third-order valence-corrected chi connectivity index (χ3v) is 12.1. The van der Waals surface area contributed by atoms with E-state index in [2.05, 4.69) is 201 Å². The molecule has 0 N–H and O–H groups in total. The van der Waals surface area contributed by atoms with Crippen LogP contribution in [0.2, 0.25) is 0 Å². The van der Waals surface area contributed by atoms with Crippen LogP contribution in [-0.2, 0) is 56.2 Å². The number of para-hydroxylation sites is 1. The zero-order valence-corrected chi connectivity index (χ0v) is 48.6. The number of fused-ring (bicyclic) bond motifs is 4. The maximum Gasteiger partial charge on any atom is 0.260 e. The smallest absolute Gasteiger partial charge is 0.260 e. The average Bonchev–Trinajstić information content (AvgIpc) is 3.72. The highest BCUT2D eigenvalue weighted by Crippen LogP contribution is 2.40. The van der Waals surface area contributed by atoms with Gasteiger partial charge in [0.1, 0.15) is 30.7 Å². The first-order valence-corrected chi connectivity index (χ1v) is 26.0. The van der Waals surface area contributed by atoms with Gasteiger partial charge < -0.3 is 9.47 Å². The molecule has 0 saturated carbocycles. The third-order valence-electron chi connectivity index (χ3n) is 12.1. The molecular formula is C60H91N9O2. The second kappa shape index (κ2) is 20.5. The number of aryl methyl sites for hydroxylation is 1. The number of aromatic nitrogens is 9. The lowest BCUT2D eigenvalue weighted by molar-refractivity contribution is 0.157. The highest BCUT2D eigenvalue weighted by atomic mass is 16.6. The monoisotopic (exact) mass is 970 g/mol. The lowest BCUT2D eigenvalue weighted by Gasteiger charge is -2.29. The molecule has 1 aliphatic carbocycles. The van der Waals surface area contributed by atoms with Crippen LogP contribution in [0.5, 0.6) is 11.6 Å². The molecule has 0 fully saturated rings. The fourth-order valence-electron chi connectivity index (χ4n) is 8.12. The molecule has 0 unspecified atom stereocenters. The van der Waals surface area contributed by atoms with Crippen molar-refractivity contribution in [2.45, 2.75) is 235 Å². The summed E-state index contributed by atoms with van der Waals surface area (Å²) >= 11 is 0. The zero-order valence-electron chi connectivity index (χ0n) is 48.6. The molecule has 388 valence electrons.